The van der Waals surface area contributed by atoms with Gasteiger partial charge in [-0.3, -0.25) is 4.79 Å². The lowest BCUT2D eigenvalue weighted by Crippen LogP contribution is -2.34. The minimum atomic E-state index is -1.09. The second-order valence-electron chi connectivity index (χ2n) is 6.83. The smallest absolute Gasteiger partial charge is 0.407 e. The second-order valence-corrected chi connectivity index (χ2v) is 6.83. The second kappa shape index (κ2) is 7.19. The predicted octanol–water partition coefficient (Wildman–Crippen LogP) is 1.24. The number of alkyl carbamates (subject to hydrolysis) is 1. The Balaban J connectivity index is 1.85. The van der Waals surface area contributed by atoms with Crippen molar-refractivity contribution in [2.75, 3.05) is 6.54 Å². The van der Waals surface area contributed by atoms with Crippen LogP contribution in [0.5, 0.6) is 0 Å². The Hall–Kier alpha value is -2.12. The third-order valence-electron chi connectivity index (χ3n) is 3.63. The maximum Gasteiger partial charge on any atom is 0.407 e. The summed E-state index contributed by atoms with van der Waals surface area (Å²) < 4.78 is 5.09. The fourth-order valence-corrected chi connectivity index (χ4v) is 2.45. The summed E-state index contributed by atoms with van der Waals surface area (Å²) in [5.74, 6) is -0.131. The highest BCUT2D eigenvalue weighted by Crippen LogP contribution is 2.24. The number of carbonyl (C=O) groups excluding carboxylic acids is 2. The van der Waals surface area contributed by atoms with Crippen LogP contribution in [0, 0.1) is 0 Å². The minimum absolute atomic E-state index is 0.131. The summed E-state index contributed by atoms with van der Waals surface area (Å²) in [4.78, 5) is 23.0. The number of carbonyl (C=O) groups is 2. The van der Waals surface area contributed by atoms with Gasteiger partial charge in [-0.05, 0) is 44.4 Å². The van der Waals surface area contributed by atoms with E-state index in [1.807, 2.05) is 0 Å². The fourth-order valence-electron chi connectivity index (χ4n) is 2.45. The molecule has 0 aromatic heterocycles. The molecule has 0 radical (unpaired) electrons. The van der Waals surface area contributed by atoms with E-state index in [-0.39, 0.29) is 18.9 Å². The molecular formula is C17H24N2O5. The minimum Gasteiger partial charge on any atom is -0.444 e. The van der Waals surface area contributed by atoms with E-state index in [0.29, 0.717) is 17.7 Å². The molecule has 2 amide bonds. The normalized spacial score (nSPS) is 16.1. The molecular weight excluding hydrogens is 312 g/mol. The number of aliphatic hydroxyl groups excluding tert-OH is 2. The molecule has 0 fully saturated rings. The van der Waals surface area contributed by atoms with E-state index >= 15 is 0 Å². The third kappa shape index (κ3) is 4.69. The standard InChI is InChI=1S/C17H24N2O5/c1-17(2,3)24-16(23)18-7-6-13(20)14(21)10-4-5-12-11(8-10)9-19-15(12)22/h4-5,8,13-14,20-21H,6-7,9H2,1-3H3,(H,18,23)(H,19,22). The van der Waals surface area contributed by atoms with Gasteiger partial charge in [-0.1, -0.05) is 12.1 Å². The first-order chi connectivity index (χ1) is 11.2. The summed E-state index contributed by atoms with van der Waals surface area (Å²) in [6.45, 7) is 5.89. The van der Waals surface area contributed by atoms with Crippen LogP contribution >= 0.6 is 0 Å². The largest absolute Gasteiger partial charge is 0.444 e. The van der Waals surface area contributed by atoms with Gasteiger partial charge in [0.05, 0.1) is 6.10 Å². The molecule has 7 nitrogen and oxygen atoms in total. The van der Waals surface area contributed by atoms with Gasteiger partial charge >= 0.3 is 6.09 Å². The summed E-state index contributed by atoms with van der Waals surface area (Å²) in [6, 6.07) is 4.98. The van der Waals surface area contributed by atoms with Crippen molar-refractivity contribution in [1.82, 2.24) is 10.6 Å². The molecule has 0 aliphatic carbocycles. The Morgan fingerprint density at radius 2 is 2.08 bits per heavy atom. The molecule has 0 bridgehead atoms. The lowest BCUT2D eigenvalue weighted by molar-refractivity contribution is 0.0123. The maximum atomic E-state index is 11.5. The van der Waals surface area contributed by atoms with Crippen LogP contribution in [0.1, 0.15) is 54.8 Å². The van der Waals surface area contributed by atoms with Crippen LogP contribution in [-0.2, 0) is 11.3 Å². The van der Waals surface area contributed by atoms with E-state index in [9.17, 15) is 19.8 Å². The molecule has 2 unspecified atom stereocenters. The van der Waals surface area contributed by atoms with E-state index in [4.69, 9.17) is 4.74 Å². The Morgan fingerprint density at radius 3 is 2.75 bits per heavy atom. The van der Waals surface area contributed by atoms with Crippen LogP contribution in [0.25, 0.3) is 0 Å². The average molecular weight is 336 g/mol. The van der Waals surface area contributed by atoms with E-state index in [0.717, 1.165) is 5.56 Å². The molecule has 7 heteroatoms. The molecule has 1 aromatic carbocycles. The van der Waals surface area contributed by atoms with Gasteiger partial charge < -0.3 is 25.6 Å². The van der Waals surface area contributed by atoms with Gasteiger partial charge in [0.1, 0.15) is 11.7 Å². The third-order valence-corrected chi connectivity index (χ3v) is 3.63. The number of hydrogen-bond acceptors (Lipinski definition) is 5. The van der Waals surface area contributed by atoms with Crippen molar-refractivity contribution < 1.29 is 24.5 Å². The van der Waals surface area contributed by atoms with Crippen molar-refractivity contribution in [3.8, 4) is 0 Å². The number of ether oxygens (including phenoxy) is 1. The molecule has 1 aromatic rings. The summed E-state index contributed by atoms with van der Waals surface area (Å²) in [6.07, 6.45) is -2.52. The SMILES string of the molecule is CC(C)(C)OC(=O)NCCC(O)C(O)c1ccc2c(c1)CNC2=O. The number of hydrogen-bond donors (Lipinski definition) is 4. The first kappa shape index (κ1) is 18.2. The summed E-state index contributed by atoms with van der Waals surface area (Å²) in [5.41, 5.74) is 1.34. The van der Waals surface area contributed by atoms with Gasteiger partial charge in [0.15, 0.2) is 0 Å². The Bertz CT molecular complexity index is 624. The zero-order valence-electron chi connectivity index (χ0n) is 14.1. The van der Waals surface area contributed by atoms with Gasteiger partial charge in [0.25, 0.3) is 5.91 Å². The lowest BCUT2D eigenvalue weighted by Gasteiger charge is -2.21. The highest BCUT2D eigenvalue weighted by atomic mass is 16.6. The quantitative estimate of drug-likeness (QED) is 0.647. The molecule has 1 aliphatic heterocycles. The van der Waals surface area contributed by atoms with Crippen molar-refractivity contribution in [2.45, 2.75) is 51.5 Å². The highest BCUT2D eigenvalue weighted by Gasteiger charge is 2.23. The predicted molar refractivity (Wildman–Crippen MR) is 87.4 cm³/mol. The molecule has 2 rings (SSSR count). The molecule has 0 spiro atoms. The number of rotatable bonds is 5. The van der Waals surface area contributed by atoms with Crippen molar-refractivity contribution in [3.05, 3.63) is 34.9 Å². The average Bonchev–Trinajstić information content (AvgIpc) is 2.85. The fraction of sp³-hybridized carbons (Fsp3) is 0.529. The van der Waals surface area contributed by atoms with Crippen LogP contribution in [0.2, 0.25) is 0 Å². The molecule has 2 atom stereocenters. The maximum absolute atomic E-state index is 11.5. The molecule has 4 N–H and O–H groups in total. The number of aliphatic hydroxyl groups is 2. The molecule has 1 heterocycles. The molecule has 0 saturated heterocycles. The zero-order valence-corrected chi connectivity index (χ0v) is 14.1. The Morgan fingerprint density at radius 1 is 1.38 bits per heavy atom. The zero-order chi connectivity index (χ0) is 17.9. The summed E-state index contributed by atoms with van der Waals surface area (Å²) >= 11 is 0. The number of benzene rings is 1. The Kier molecular flexibility index (Phi) is 5.46. The highest BCUT2D eigenvalue weighted by molar-refractivity contribution is 5.98. The lowest BCUT2D eigenvalue weighted by atomic mass is 9.98. The van der Waals surface area contributed by atoms with Gasteiger partial charge in [-0.15, -0.1) is 0 Å². The van der Waals surface area contributed by atoms with E-state index < -0.39 is 23.9 Å². The van der Waals surface area contributed by atoms with E-state index in [1.54, 1.807) is 39.0 Å². The topological polar surface area (TPSA) is 108 Å². The first-order valence-corrected chi connectivity index (χ1v) is 7.91. The summed E-state index contributed by atoms with van der Waals surface area (Å²) in [7, 11) is 0. The van der Waals surface area contributed by atoms with E-state index in [2.05, 4.69) is 10.6 Å². The van der Waals surface area contributed by atoms with Crippen molar-refractivity contribution in [1.29, 1.82) is 0 Å². The number of nitrogens with one attached hydrogen (secondary N) is 2. The van der Waals surface area contributed by atoms with Crippen LogP contribution in [0.3, 0.4) is 0 Å². The van der Waals surface area contributed by atoms with Gasteiger partial charge in [-0.2, -0.15) is 0 Å². The van der Waals surface area contributed by atoms with Crippen molar-refractivity contribution in [3.63, 3.8) is 0 Å². The number of fused-ring (bicyclic) bond motifs is 1. The first-order valence-electron chi connectivity index (χ1n) is 7.91. The Labute approximate surface area is 141 Å². The van der Waals surface area contributed by atoms with Gasteiger partial charge in [0, 0.05) is 18.7 Å². The molecule has 132 valence electrons. The number of amides is 2. The van der Waals surface area contributed by atoms with Crippen LogP contribution in [-0.4, -0.2) is 40.5 Å². The molecule has 1 aliphatic rings. The van der Waals surface area contributed by atoms with Crippen LogP contribution in [0.15, 0.2) is 18.2 Å². The van der Waals surface area contributed by atoms with Crippen molar-refractivity contribution in [2.24, 2.45) is 0 Å². The van der Waals surface area contributed by atoms with Crippen LogP contribution in [0.4, 0.5) is 4.79 Å². The van der Waals surface area contributed by atoms with E-state index in [1.165, 1.54) is 0 Å². The summed E-state index contributed by atoms with van der Waals surface area (Å²) in [5, 5.41) is 25.6. The van der Waals surface area contributed by atoms with Crippen LogP contribution < -0.4 is 10.6 Å². The van der Waals surface area contributed by atoms with Crippen molar-refractivity contribution >= 4 is 12.0 Å². The monoisotopic (exact) mass is 336 g/mol. The molecule has 24 heavy (non-hydrogen) atoms. The van der Waals surface area contributed by atoms with Gasteiger partial charge in [0.2, 0.25) is 0 Å². The molecule has 0 saturated carbocycles. The van der Waals surface area contributed by atoms with Gasteiger partial charge in [-0.25, -0.2) is 4.79 Å².